The third kappa shape index (κ3) is 3.50. The smallest absolute Gasteiger partial charge is 0.276 e. The zero-order valence-corrected chi connectivity index (χ0v) is 16.3. The fourth-order valence-corrected chi connectivity index (χ4v) is 3.58. The molecule has 0 aromatic carbocycles. The molecule has 3 aromatic rings. The summed E-state index contributed by atoms with van der Waals surface area (Å²) in [6.07, 6.45) is 3.60. The van der Waals surface area contributed by atoms with E-state index >= 15 is 0 Å². The maximum Gasteiger partial charge on any atom is 0.276 e. The Labute approximate surface area is 165 Å². The number of hydrogen-bond acceptors (Lipinski definition) is 8. The van der Waals surface area contributed by atoms with Crippen LogP contribution < -0.4 is 5.73 Å². The minimum atomic E-state index is -0.621. The maximum absolute atomic E-state index is 13.2. The molecule has 0 unspecified atom stereocenters. The van der Waals surface area contributed by atoms with Crippen molar-refractivity contribution in [2.75, 3.05) is 13.1 Å². The van der Waals surface area contributed by atoms with E-state index in [-0.39, 0.29) is 24.7 Å². The van der Waals surface area contributed by atoms with E-state index in [0.29, 0.717) is 29.6 Å². The Bertz CT molecular complexity index is 1070. The molecule has 4 heterocycles. The fourth-order valence-electron chi connectivity index (χ4n) is 3.58. The highest BCUT2D eigenvalue weighted by Gasteiger charge is 2.43. The Morgan fingerprint density at radius 1 is 1.21 bits per heavy atom. The molecule has 1 fully saturated rings. The largest absolute Gasteiger partial charge is 0.369 e. The van der Waals surface area contributed by atoms with Gasteiger partial charge in [0.1, 0.15) is 5.76 Å². The van der Waals surface area contributed by atoms with E-state index in [1.807, 2.05) is 13.1 Å². The highest BCUT2D eigenvalue weighted by Crippen LogP contribution is 2.33. The minimum absolute atomic E-state index is 0.145. The zero-order chi connectivity index (χ0) is 20.7. The third-order valence-corrected chi connectivity index (χ3v) is 5.10. The number of nitrogens with two attached hydrogens (primary N) is 1. The minimum Gasteiger partial charge on any atom is -0.369 e. The summed E-state index contributed by atoms with van der Waals surface area (Å²) >= 11 is 0. The van der Waals surface area contributed by atoms with E-state index in [1.165, 1.54) is 4.90 Å². The lowest BCUT2D eigenvalue weighted by Crippen LogP contribution is -2.32. The van der Waals surface area contributed by atoms with Gasteiger partial charge < -0.3 is 19.7 Å². The summed E-state index contributed by atoms with van der Waals surface area (Å²) < 4.78 is 12.2. The summed E-state index contributed by atoms with van der Waals surface area (Å²) in [5.41, 5.74) is 7.41. The molecule has 1 aliphatic rings. The second-order valence-electron chi connectivity index (χ2n) is 7.29. The van der Waals surface area contributed by atoms with Crippen molar-refractivity contribution in [3.8, 4) is 0 Å². The molecule has 2 N–H and O–H groups in total. The lowest BCUT2D eigenvalue weighted by molar-refractivity contribution is -0.121. The van der Waals surface area contributed by atoms with Gasteiger partial charge >= 0.3 is 0 Å². The first-order chi connectivity index (χ1) is 13.8. The number of hydrogen-bond donors (Lipinski definition) is 1. The van der Waals surface area contributed by atoms with Crippen LogP contribution in [0.3, 0.4) is 0 Å². The first kappa shape index (κ1) is 18.8. The second-order valence-corrected chi connectivity index (χ2v) is 7.29. The van der Waals surface area contributed by atoms with E-state index in [0.717, 1.165) is 5.56 Å². The number of rotatable bonds is 5. The Morgan fingerprint density at radius 3 is 2.62 bits per heavy atom. The Kier molecular flexibility index (Phi) is 4.65. The van der Waals surface area contributed by atoms with Crippen molar-refractivity contribution in [3.05, 3.63) is 46.7 Å². The van der Waals surface area contributed by atoms with Gasteiger partial charge in [0.15, 0.2) is 11.5 Å². The number of carbonyl (C=O) groups excluding carboxylic acids is 2. The van der Waals surface area contributed by atoms with Crippen molar-refractivity contribution in [3.63, 3.8) is 0 Å². The number of primary amides is 1. The van der Waals surface area contributed by atoms with Gasteiger partial charge in [0, 0.05) is 24.8 Å². The molecule has 11 nitrogen and oxygen atoms in total. The second kappa shape index (κ2) is 7.15. The van der Waals surface area contributed by atoms with Crippen molar-refractivity contribution in [2.24, 2.45) is 11.7 Å². The van der Waals surface area contributed by atoms with Crippen molar-refractivity contribution in [1.82, 2.24) is 30.0 Å². The molecule has 3 aromatic heterocycles. The quantitative estimate of drug-likeness (QED) is 0.655. The normalized spacial score (nSPS) is 19.1. The molecule has 152 valence electrons. The molecule has 4 rings (SSSR count). The standard InChI is InChI=1S/C18H21N7O4/c1-9-4-20-25(5-9)8-12-10(2)28-23-15(12)18(27)24-6-13(16(19)26)14(7-24)17-21-11(3)22-29-17/h4-5,13-14H,6-8H2,1-3H3,(H2,19,26)/t13-,14-/m1/s1. The maximum atomic E-state index is 13.2. The van der Waals surface area contributed by atoms with Crippen LogP contribution in [-0.4, -0.2) is 54.9 Å². The van der Waals surface area contributed by atoms with Crippen molar-refractivity contribution < 1.29 is 18.6 Å². The molecule has 0 radical (unpaired) electrons. The van der Waals surface area contributed by atoms with Crippen LogP contribution in [0.15, 0.2) is 21.4 Å². The predicted octanol–water partition coefficient (Wildman–Crippen LogP) is 0.569. The highest BCUT2D eigenvalue weighted by atomic mass is 16.5. The summed E-state index contributed by atoms with van der Waals surface area (Å²) in [6, 6.07) is 0. The first-order valence-corrected chi connectivity index (χ1v) is 9.16. The van der Waals surface area contributed by atoms with Crippen molar-refractivity contribution in [1.29, 1.82) is 0 Å². The van der Waals surface area contributed by atoms with Crippen LogP contribution in [0.1, 0.15) is 45.0 Å². The topological polar surface area (TPSA) is 146 Å². The van der Waals surface area contributed by atoms with Gasteiger partial charge in [-0.1, -0.05) is 10.3 Å². The van der Waals surface area contributed by atoms with Crippen LogP contribution in [0, 0.1) is 26.7 Å². The van der Waals surface area contributed by atoms with Crippen LogP contribution in [-0.2, 0) is 11.3 Å². The number of nitrogens with zero attached hydrogens (tertiary/aromatic N) is 6. The Balaban J connectivity index is 1.59. The van der Waals surface area contributed by atoms with Gasteiger partial charge in [0.25, 0.3) is 5.91 Å². The average Bonchev–Trinajstić information content (AvgIpc) is 3.43. The lowest BCUT2D eigenvalue weighted by atomic mass is 9.95. The van der Waals surface area contributed by atoms with E-state index in [2.05, 4.69) is 20.4 Å². The summed E-state index contributed by atoms with van der Waals surface area (Å²) in [7, 11) is 0. The average molecular weight is 399 g/mol. The van der Waals surface area contributed by atoms with Gasteiger partial charge in [-0.2, -0.15) is 10.1 Å². The molecule has 0 aliphatic carbocycles. The van der Waals surface area contributed by atoms with E-state index < -0.39 is 17.7 Å². The van der Waals surface area contributed by atoms with Gasteiger partial charge in [-0.25, -0.2) is 0 Å². The molecule has 0 saturated carbocycles. The van der Waals surface area contributed by atoms with E-state index in [1.54, 1.807) is 24.7 Å². The van der Waals surface area contributed by atoms with Gasteiger partial charge in [0.2, 0.25) is 11.8 Å². The number of amides is 2. The first-order valence-electron chi connectivity index (χ1n) is 9.16. The summed E-state index contributed by atoms with van der Waals surface area (Å²) in [5, 5.41) is 12.0. The molecular weight excluding hydrogens is 378 g/mol. The number of carbonyl (C=O) groups is 2. The molecule has 2 atom stereocenters. The summed E-state index contributed by atoms with van der Waals surface area (Å²) in [6.45, 7) is 6.08. The summed E-state index contributed by atoms with van der Waals surface area (Å²) in [4.78, 5) is 30.9. The molecule has 1 saturated heterocycles. The molecule has 2 amide bonds. The third-order valence-electron chi connectivity index (χ3n) is 5.10. The molecule has 0 bridgehead atoms. The Hall–Kier alpha value is -3.50. The van der Waals surface area contributed by atoms with Crippen LogP contribution in [0.4, 0.5) is 0 Å². The SMILES string of the molecule is Cc1cnn(Cc2c(C(=O)N3C[C@@H](C(N)=O)[C@H](c4nc(C)no4)C3)noc2C)c1. The van der Waals surface area contributed by atoms with Gasteiger partial charge in [-0.15, -0.1) is 0 Å². The van der Waals surface area contributed by atoms with Gasteiger partial charge in [0.05, 0.1) is 24.6 Å². The van der Waals surface area contributed by atoms with Gasteiger partial charge in [-0.3, -0.25) is 14.3 Å². The van der Waals surface area contributed by atoms with Crippen molar-refractivity contribution in [2.45, 2.75) is 33.2 Å². The lowest BCUT2D eigenvalue weighted by Gasteiger charge is -2.15. The van der Waals surface area contributed by atoms with Crippen LogP contribution in [0.5, 0.6) is 0 Å². The van der Waals surface area contributed by atoms with E-state index in [9.17, 15) is 9.59 Å². The van der Waals surface area contributed by atoms with Crippen molar-refractivity contribution >= 4 is 11.8 Å². The number of likely N-dealkylation sites (tertiary alicyclic amines) is 1. The Morgan fingerprint density at radius 2 is 2.00 bits per heavy atom. The van der Waals surface area contributed by atoms with Gasteiger partial charge in [-0.05, 0) is 26.3 Å². The molecule has 29 heavy (non-hydrogen) atoms. The van der Waals surface area contributed by atoms with Crippen LogP contribution in [0.2, 0.25) is 0 Å². The monoisotopic (exact) mass is 399 g/mol. The molecule has 0 spiro atoms. The summed E-state index contributed by atoms with van der Waals surface area (Å²) in [5.74, 6) is -0.652. The van der Waals surface area contributed by atoms with E-state index in [4.69, 9.17) is 14.8 Å². The number of aromatic nitrogens is 5. The zero-order valence-electron chi connectivity index (χ0n) is 16.3. The molecular formula is C18H21N7O4. The molecule has 1 aliphatic heterocycles. The highest BCUT2D eigenvalue weighted by molar-refractivity contribution is 5.94. The van der Waals surface area contributed by atoms with Crippen LogP contribution in [0.25, 0.3) is 0 Å². The number of aryl methyl sites for hydroxylation is 3. The molecule has 11 heteroatoms. The fraction of sp³-hybridized carbons (Fsp3) is 0.444. The predicted molar refractivity (Wildman–Crippen MR) is 97.7 cm³/mol. The van der Waals surface area contributed by atoms with Crippen LogP contribution >= 0.6 is 0 Å².